The van der Waals surface area contributed by atoms with Crippen LogP contribution in [0.5, 0.6) is 0 Å². The van der Waals surface area contributed by atoms with E-state index in [0.717, 1.165) is 23.1 Å². The van der Waals surface area contributed by atoms with Crippen molar-refractivity contribution < 1.29 is 9.59 Å². The molecule has 6 heteroatoms. The van der Waals surface area contributed by atoms with Gasteiger partial charge in [-0.05, 0) is 93.2 Å². The summed E-state index contributed by atoms with van der Waals surface area (Å²) in [5.41, 5.74) is 6.10. The van der Waals surface area contributed by atoms with Gasteiger partial charge in [-0.25, -0.2) is 0 Å². The van der Waals surface area contributed by atoms with Crippen LogP contribution in [-0.4, -0.2) is 29.5 Å². The maximum Gasteiger partial charge on any atom is 0.270 e. The van der Waals surface area contributed by atoms with Crippen LogP contribution in [0, 0.1) is 13.8 Å². The summed E-state index contributed by atoms with van der Waals surface area (Å²) in [6, 6.07) is 11.9. The Morgan fingerprint density at radius 1 is 1.09 bits per heavy atom. The lowest BCUT2D eigenvalue weighted by Gasteiger charge is -2.45. The van der Waals surface area contributed by atoms with Crippen LogP contribution < -0.4 is 15.1 Å². The van der Waals surface area contributed by atoms with Gasteiger partial charge in [0.15, 0.2) is 5.11 Å². The fraction of sp³-hybridized carbons (Fsp3) is 0.346. The SMILES string of the molecule is Cc1ccc(N2C(=O)/C(=C\c3ccc4c(c3)C(C)CC(C)(C)N4C)C(=O)NC2=S)c(C)c1. The third-order valence-corrected chi connectivity index (χ3v) is 6.95. The molecule has 0 spiro atoms. The highest BCUT2D eigenvalue weighted by molar-refractivity contribution is 7.80. The van der Waals surface area contributed by atoms with Crippen molar-refractivity contribution in [1.82, 2.24) is 5.32 Å². The summed E-state index contributed by atoms with van der Waals surface area (Å²) in [4.78, 5) is 29.8. The maximum absolute atomic E-state index is 13.4. The van der Waals surface area contributed by atoms with Crippen molar-refractivity contribution in [1.29, 1.82) is 0 Å². The normalized spacial score (nSPS) is 21.6. The van der Waals surface area contributed by atoms with Gasteiger partial charge in [0.2, 0.25) is 0 Å². The first-order valence-electron chi connectivity index (χ1n) is 10.9. The summed E-state index contributed by atoms with van der Waals surface area (Å²) in [5, 5.41) is 2.78. The molecule has 0 aliphatic carbocycles. The molecule has 0 bridgehead atoms. The highest BCUT2D eigenvalue weighted by Crippen LogP contribution is 2.42. The Kier molecular flexibility index (Phi) is 5.45. The molecule has 0 aromatic heterocycles. The Morgan fingerprint density at radius 3 is 2.47 bits per heavy atom. The Hall–Kier alpha value is -2.99. The predicted molar refractivity (Wildman–Crippen MR) is 134 cm³/mol. The highest BCUT2D eigenvalue weighted by atomic mass is 32.1. The van der Waals surface area contributed by atoms with E-state index in [0.29, 0.717) is 11.6 Å². The molecule has 2 aliphatic heterocycles. The van der Waals surface area contributed by atoms with Gasteiger partial charge in [0.1, 0.15) is 5.57 Å². The Labute approximate surface area is 195 Å². The van der Waals surface area contributed by atoms with E-state index in [1.807, 2.05) is 38.1 Å². The van der Waals surface area contributed by atoms with Gasteiger partial charge < -0.3 is 4.90 Å². The van der Waals surface area contributed by atoms with Crippen molar-refractivity contribution in [3.63, 3.8) is 0 Å². The molecule has 2 amide bonds. The quantitative estimate of drug-likeness (QED) is 0.406. The van der Waals surface area contributed by atoms with E-state index in [1.54, 1.807) is 6.08 Å². The number of anilines is 2. The van der Waals surface area contributed by atoms with Crippen LogP contribution in [0.3, 0.4) is 0 Å². The van der Waals surface area contributed by atoms with Crippen LogP contribution in [0.1, 0.15) is 55.4 Å². The van der Waals surface area contributed by atoms with Gasteiger partial charge in [-0.15, -0.1) is 0 Å². The minimum absolute atomic E-state index is 0.0771. The second-order valence-electron chi connectivity index (χ2n) is 9.54. The van der Waals surface area contributed by atoms with Crippen LogP contribution >= 0.6 is 12.2 Å². The van der Waals surface area contributed by atoms with Crippen molar-refractivity contribution in [3.05, 3.63) is 64.2 Å². The first-order valence-corrected chi connectivity index (χ1v) is 11.3. The average Bonchev–Trinajstić information content (AvgIpc) is 2.70. The number of hydrogen-bond donors (Lipinski definition) is 1. The number of amides is 2. The first-order chi connectivity index (χ1) is 15.0. The van der Waals surface area contributed by atoms with Gasteiger partial charge in [-0.1, -0.05) is 30.7 Å². The van der Waals surface area contributed by atoms with Crippen LogP contribution in [0.2, 0.25) is 0 Å². The number of carbonyl (C=O) groups is 2. The first kappa shape index (κ1) is 22.2. The summed E-state index contributed by atoms with van der Waals surface area (Å²) in [7, 11) is 2.11. The molecule has 4 rings (SSSR count). The van der Waals surface area contributed by atoms with Gasteiger partial charge in [-0.3, -0.25) is 19.8 Å². The van der Waals surface area contributed by atoms with Gasteiger partial charge in [0.05, 0.1) is 5.69 Å². The van der Waals surface area contributed by atoms with E-state index < -0.39 is 11.8 Å². The molecule has 1 fully saturated rings. The van der Waals surface area contributed by atoms with Gasteiger partial charge >= 0.3 is 0 Å². The number of nitrogens with one attached hydrogen (secondary N) is 1. The number of carbonyl (C=O) groups excluding carboxylic acids is 2. The standard InChI is InChI=1S/C26H29N3O2S/c1-15-7-9-21(16(2)11-15)29-24(31)20(23(30)27-25(29)32)13-18-8-10-22-19(12-18)17(3)14-26(4,5)28(22)6/h7-13,17H,14H2,1-6H3,(H,27,30,32)/b20-13-. The molecular formula is C26H29N3O2S. The number of aryl methyl sites for hydroxylation is 2. The summed E-state index contributed by atoms with van der Waals surface area (Å²) in [6.07, 6.45) is 2.70. The van der Waals surface area contributed by atoms with E-state index in [1.165, 1.54) is 16.2 Å². The zero-order valence-electron chi connectivity index (χ0n) is 19.4. The molecule has 2 heterocycles. The zero-order valence-corrected chi connectivity index (χ0v) is 20.3. The summed E-state index contributed by atoms with van der Waals surface area (Å²) < 4.78 is 0. The lowest BCUT2D eigenvalue weighted by atomic mass is 9.80. The molecule has 166 valence electrons. The lowest BCUT2D eigenvalue weighted by molar-refractivity contribution is -0.122. The number of benzene rings is 2. The lowest BCUT2D eigenvalue weighted by Crippen LogP contribution is -2.54. The molecule has 0 radical (unpaired) electrons. The fourth-order valence-corrected chi connectivity index (χ4v) is 5.06. The van der Waals surface area contributed by atoms with Crippen LogP contribution in [0.4, 0.5) is 11.4 Å². The summed E-state index contributed by atoms with van der Waals surface area (Å²) in [6.45, 7) is 10.6. The van der Waals surface area contributed by atoms with Gasteiger partial charge in [0.25, 0.3) is 11.8 Å². The Morgan fingerprint density at radius 2 is 1.78 bits per heavy atom. The minimum atomic E-state index is -0.468. The number of rotatable bonds is 2. The molecule has 5 nitrogen and oxygen atoms in total. The molecule has 2 aromatic carbocycles. The predicted octanol–water partition coefficient (Wildman–Crippen LogP) is 4.86. The van der Waals surface area contributed by atoms with Crippen LogP contribution in [-0.2, 0) is 9.59 Å². The molecule has 32 heavy (non-hydrogen) atoms. The molecule has 1 atom stereocenters. The molecule has 1 saturated heterocycles. The van der Waals surface area contributed by atoms with E-state index in [4.69, 9.17) is 12.2 Å². The third kappa shape index (κ3) is 3.73. The van der Waals surface area contributed by atoms with E-state index in [-0.39, 0.29) is 16.2 Å². The monoisotopic (exact) mass is 447 g/mol. The highest BCUT2D eigenvalue weighted by Gasteiger charge is 2.36. The molecule has 0 saturated carbocycles. The second kappa shape index (κ2) is 7.85. The topological polar surface area (TPSA) is 52.7 Å². The van der Waals surface area contributed by atoms with Crippen molar-refractivity contribution in [3.8, 4) is 0 Å². The van der Waals surface area contributed by atoms with Gasteiger partial charge in [-0.2, -0.15) is 0 Å². The van der Waals surface area contributed by atoms with E-state index >= 15 is 0 Å². The Bertz CT molecular complexity index is 1180. The number of fused-ring (bicyclic) bond motifs is 1. The van der Waals surface area contributed by atoms with Crippen LogP contribution in [0.25, 0.3) is 6.08 Å². The smallest absolute Gasteiger partial charge is 0.270 e. The van der Waals surface area contributed by atoms with Gasteiger partial charge in [0, 0.05) is 18.3 Å². The van der Waals surface area contributed by atoms with E-state index in [9.17, 15) is 9.59 Å². The average molecular weight is 448 g/mol. The number of nitrogens with zero attached hydrogens (tertiary/aromatic N) is 2. The Balaban J connectivity index is 1.74. The molecule has 1 N–H and O–H groups in total. The molecule has 2 aromatic rings. The summed E-state index contributed by atoms with van der Waals surface area (Å²) >= 11 is 5.34. The van der Waals surface area contributed by atoms with Crippen molar-refractivity contribution in [2.75, 3.05) is 16.8 Å². The van der Waals surface area contributed by atoms with Crippen molar-refractivity contribution in [2.45, 2.75) is 52.5 Å². The fourth-order valence-electron chi connectivity index (χ4n) is 4.78. The number of hydrogen-bond acceptors (Lipinski definition) is 4. The zero-order chi connectivity index (χ0) is 23.4. The minimum Gasteiger partial charge on any atom is -0.369 e. The van der Waals surface area contributed by atoms with E-state index in [2.05, 4.69) is 50.2 Å². The summed E-state index contributed by atoms with van der Waals surface area (Å²) in [5.74, 6) is -0.496. The van der Waals surface area contributed by atoms with Crippen molar-refractivity contribution in [2.24, 2.45) is 0 Å². The number of thiocarbonyl (C=S) groups is 1. The maximum atomic E-state index is 13.4. The van der Waals surface area contributed by atoms with Crippen LogP contribution in [0.15, 0.2) is 42.0 Å². The molecule has 2 aliphatic rings. The third-order valence-electron chi connectivity index (χ3n) is 6.66. The largest absolute Gasteiger partial charge is 0.369 e. The second-order valence-corrected chi connectivity index (χ2v) is 9.93. The molecule has 1 unspecified atom stereocenters. The van der Waals surface area contributed by atoms with Crippen molar-refractivity contribution >= 4 is 46.6 Å². The molecular weight excluding hydrogens is 418 g/mol.